The van der Waals surface area contributed by atoms with E-state index in [0.717, 1.165) is 5.69 Å². The molecule has 0 amide bonds. The van der Waals surface area contributed by atoms with Gasteiger partial charge in [-0.05, 0) is 77.9 Å². The van der Waals surface area contributed by atoms with Crippen molar-refractivity contribution in [1.29, 1.82) is 0 Å². The maximum Gasteiger partial charge on any atom is 0.0562 e. The molecule has 0 atom stereocenters. The molecule has 0 N–H and O–H groups in total. The summed E-state index contributed by atoms with van der Waals surface area (Å²) < 4.78 is 7.52. The van der Waals surface area contributed by atoms with Gasteiger partial charge in [-0.3, -0.25) is 0 Å². The largest absolute Gasteiger partial charge is 0.309 e. The van der Waals surface area contributed by atoms with Crippen molar-refractivity contribution < 1.29 is 0 Å². The third-order valence-electron chi connectivity index (χ3n) is 9.29. The van der Waals surface area contributed by atoms with Crippen LogP contribution in [-0.2, 0) is 0 Å². The smallest absolute Gasteiger partial charge is 0.0562 e. The second-order valence-corrected chi connectivity index (χ2v) is 12.9. The molecular weight excluding hydrogens is 565 g/mol. The van der Waals surface area contributed by atoms with Gasteiger partial charge in [0.1, 0.15) is 0 Å². The number of hydrogen-bond acceptors (Lipinski definition) is 1. The molecule has 210 valence electrons. The highest BCUT2D eigenvalue weighted by atomic mass is 32.1. The molecule has 0 bridgehead atoms. The number of para-hydroxylation sites is 3. The summed E-state index contributed by atoms with van der Waals surface area (Å²) in [5.41, 5.74) is 9.65. The maximum absolute atomic E-state index is 2.44. The van der Waals surface area contributed by atoms with Crippen LogP contribution in [0.1, 0.15) is 0 Å². The van der Waals surface area contributed by atoms with Crippen LogP contribution < -0.4 is 0 Å². The zero-order valence-corrected chi connectivity index (χ0v) is 25.1. The Morgan fingerprint density at radius 2 is 0.889 bits per heavy atom. The Labute approximate surface area is 263 Å². The monoisotopic (exact) mass is 590 g/mol. The van der Waals surface area contributed by atoms with E-state index in [2.05, 4.69) is 167 Å². The highest BCUT2D eigenvalue weighted by molar-refractivity contribution is 7.25. The van der Waals surface area contributed by atoms with E-state index < -0.39 is 0 Å². The lowest BCUT2D eigenvalue weighted by molar-refractivity contribution is 1.16. The SMILES string of the molecule is c1ccc(-n2c3ccccc3c3cc4c5ccccc5n(-c5cccc(-c6ccc7sc8ccccc8c7c6)c5)c4cc32)cc1. The molecule has 0 aliphatic heterocycles. The molecule has 3 heterocycles. The molecule has 0 radical (unpaired) electrons. The maximum atomic E-state index is 2.44. The van der Waals surface area contributed by atoms with Crippen LogP contribution in [0.5, 0.6) is 0 Å². The van der Waals surface area contributed by atoms with Crippen LogP contribution in [0.25, 0.3) is 86.3 Å². The lowest BCUT2D eigenvalue weighted by Crippen LogP contribution is -1.96. The van der Waals surface area contributed by atoms with Gasteiger partial charge >= 0.3 is 0 Å². The Morgan fingerprint density at radius 3 is 1.64 bits per heavy atom. The van der Waals surface area contributed by atoms with Crippen LogP contribution in [-0.4, -0.2) is 9.13 Å². The molecule has 7 aromatic carbocycles. The Bertz CT molecular complexity index is 2760. The van der Waals surface area contributed by atoms with Gasteiger partial charge in [0.05, 0.1) is 22.1 Å². The fraction of sp³-hybridized carbons (Fsp3) is 0. The van der Waals surface area contributed by atoms with Crippen molar-refractivity contribution in [1.82, 2.24) is 9.13 Å². The quantitative estimate of drug-likeness (QED) is 0.194. The molecule has 0 fully saturated rings. The Balaban J connectivity index is 1.25. The molecule has 45 heavy (non-hydrogen) atoms. The van der Waals surface area contributed by atoms with Crippen LogP contribution in [0.2, 0.25) is 0 Å². The molecule has 0 saturated heterocycles. The van der Waals surface area contributed by atoms with Gasteiger partial charge < -0.3 is 9.13 Å². The van der Waals surface area contributed by atoms with E-state index in [1.165, 1.54) is 80.6 Å². The Hall–Kier alpha value is -5.64. The zero-order valence-electron chi connectivity index (χ0n) is 24.3. The van der Waals surface area contributed by atoms with Gasteiger partial charge in [-0.15, -0.1) is 11.3 Å². The van der Waals surface area contributed by atoms with Crippen molar-refractivity contribution in [2.75, 3.05) is 0 Å². The summed E-state index contributed by atoms with van der Waals surface area (Å²) in [6.07, 6.45) is 0. The predicted molar refractivity (Wildman–Crippen MR) is 193 cm³/mol. The third-order valence-corrected chi connectivity index (χ3v) is 10.4. The first-order chi connectivity index (χ1) is 22.3. The normalized spacial score (nSPS) is 12.0. The summed E-state index contributed by atoms with van der Waals surface area (Å²) >= 11 is 1.87. The van der Waals surface area contributed by atoms with Crippen molar-refractivity contribution in [2.24, 2.45) is 0 Å². The van der Waals surface area contributed by atoms with Gasteiger partial charge in [0, 0.05) is 53.1 Å². The van der Waals surface area contributed by atoms with Crippen LogP contribution >= 0.6 is 11.3 Å². The number of nitrogens with zero attached hydrogens (tertiary/aromatic N) is 2. The van der Waals surface area contributed by atoms with Gasteiger partial charge in [-0.25, -0.2) is 0 Å². The zero-order chi connectivity index (χ0) is 29.5. The first kappa shape index (κ1) is 24.8. The molecule has 10 aromatic rings. The fourth-order valence-corrected chi connectivity index (χ4v) is 8.38. The van der Waals surface area contributed by atoms with E-state index in [1.54, 1.807) is 0 Å². The number of benzene rings is 7. The molecule has 0 saturated carbocycles. The topological polar surface area (TPSA) is 9.86 Å². The van der Waals surface area contributed by atoms with Crippen LogP contribution in [0.3, 0.4) is 0 Å². The summed E-state index contributed by atoms with van der Waals surface area (Å²) in [6, 6.07) is 57.7. The first-order valence-corrected chi connectivity index (χ1v) is 16.2. The van der Waals surface area contributed by atoms with E-state index in [1.807, 2.05) is 11.3 Å². The summed E-state index contributed by atoms with van der Waals surface area (Å²) in [7, 11) is 0. The fourth-order valence-electron chi connectivity index (χ4n) is 7.29. The van der Waals surface area contributed by atoms with Gasteiger partial charge in [-0.1, -0.05) is 91.0 Å². The van der Waals surface area contributed by atoms with E-state index in [-0.39, 0.29) is 0 Å². The van der Waals surface area contributed by atoms with Crippen molar-refractivity contribution in [2.45, 2.75) is 0 Å². The molecule has 0 aliphatic rings. The molecule has 0 aliphatic carbocycles. The lowest BCUT2D eigenvalue weighted by atomic mass is 10.0. The molecule has 3 aromatic heterocycles. The molecule has 3 heteroatoms. The number of aromatic nitrogens is 2. The highest BCUT2D eigenvalue weighted by Crippen LogP contribution is 2.41. The molecule has 0 unspecified atom stereocenters. The summed E-state index contributed by atoms with van der Waals surface area (Å²) in [6.45, 7) is 0. The minimum Gasteiger partial charge on any atom is -0.309 e. The van der Waals surface area contributed by atoms with Gasteiger partial charge in [-0.2, -0.15) is 0 Å². The van der Waals surface area contributed by atoms with Crippen LogP contribution in [0.4, 0.5) is 0 Å². The average Bonchev–Trinajstić information content (AvgIpc) is 3.75. The van der Waals surface area contributed by atoms with Crippen LogP contribution in [0.15, 0.2) is 158 Å². The Kier molecular flexibility index (Phi) is 5.19. The minimum absolute atomic E-state index is 1.16. The highest BCUT2D eigenvalue weighted by Gasteiger charge is 2.18. The average molecular weight is 591 g/mol. The standard InChI is InChI=1S/C42H26N2S/c1-2-12-29(13-3-1)43-37-18-7-4-15-31(37)34-25-35-32-16-5-8-19-38(32)44(40(35)26-39(34)43)30-14-10-11-27(23-30)28-21-22-42-36(24-28)33-17-6-9-20-41(33)45-42/h1-26H. The molecular formula is C42H26N2S. The van der Waals surface area contributed by atoms with Crippen molar-refractivity contribution in [3.05, 3.63) is 158 Å². The summed E-state index contributed by atoms with van der Waals surface area (Å²) in [5.74, 6) is 0. The predicted octanol–water partition coefficient (Wildman–Crippen LogP) is 11.9. The molecule has 2 nitrogen and oxygen atoms in total. The summed E-state index contributed by atoms with van der Waals surface area (Å²) in [4.78, 5) is 0. The Morgan fingerprint density at radius 1 is 0.311 bits per heavy atom. The van der Waals surface area contributed by atoms with Crippen molar-refractivity contribution in [3.63, 3.8) is 0 Å². The third kappa shape index (κ3) is 3.62. The number of thiophene rings is 1. The molecule has 0 spiro atoms. The van der Waals surface area contributed by atoms with Crippen molar-refractivity contribution >= 4 is 75.1 Å². The van der Waals surface area contributed by atoms with E-state index >= 15 is 0 Å². The second-order valence-electron chi connectivity index (χ2n) is 11.8. The van der Waals surface area contributed by atoms with E-state index in [4.69, 9.17) is 0 Å². The molecule has 10 rings (SSSR count). The van der Waals surface area contributed by atoms with Crippen LogP contribution in [0, 0.1) is 0 Å². The first-order valence-electron chi connectivity index (χ1n) is 15.4. The van der Waals surface area contributed by atoms with Crippen molar-refractivity contribution in [3.8, 4) is 22.5 Å². The lowest BCUT2D eigenvalue weighted by Gasteiger charge is -2.12. The van der Waals surface area contributed by atoms with Gasteiger partial charge in [0.15, 0.2) is 0 Å². The van der Waals surface area contributed by atoms with Gasteiger partial charge in [0.2, 0.25) is 0 Å². The minimum atomic E-state index is 1.16. The van der Waals surface area contributed by atoms with E-state index in [9.17, 15) is 0 Å². The van der Waals surface area contributed by atoms with E-state index in [0.29, 0.717) is 0 Å². The second kappa shape index (κ2) is 9.43. The number of hydrogen-bond donors (Lipinski definition) is 0. The number of rotatable bonds is 3. The number of fused-ring (bicyclic) bond motifs is 9. The summed E-state index contributed by atoms with van der Waals surface area (Å²) in [5, 5.41) is 7.73. The van der Waals surface area contributed by atoms with Gasteiger partial charge in [0.25, 0.3) is 0 Å².